The van der Waals surface area contributed by atoms with Crippen molar-refractivity contribution in [1.29, 1.82) is 0 Å². The molecule has 148 valence electrons. The van der Waals surface area contributed by atoms with Crippen LogP contribution in [0.5, 0.6) is 5.88 Å². The van der Waals surface area contributed by atoms with Gasteiger partial charge >= 0.3 is 0 Å². The van der Waals surface area contributed by atoms with Gasteiger partial charge in [-0.15, -0.1) is 5.10 Å². The van der Waals surface area contributed by atoms with Crippen molar-refractivity contribution >= 4 is 16.8 Å². The molecule has 6 heteroatoms. The summed E-state index contributed by atoms with van der Waals surface area (Å²) in [5.74, 6) is 0.329. The van der Waals surface area contributed by atoms with Gasteiger partial charge in [-0.3, -0.25) is 9.48 Å². The van der Waals surface area contributed by atoms with Crippen LogP contribution in [0, 0.1) is 0 Å². The van der Waals surface area contributed by atoms with Crippen molar-refractivity contribution in [3.05, 3.63) is 59.7 Å². The van der Waals surface area contributed by atoms with Gasteiger partial charge in [-0.05, 0) is 37.1 Å². The average molecular weight is 381 g/mol. The van der Waals surface area contributed by atoms with Crippen molar-refractivity contribution in [2.45, 2.75) is 32.6 Å². The summed E-state index contributed by atoms with van der Waals surface area (Å²) in [5.41, 5.74) is 2.09. The molecule has 3 rings (SSSR count). The maximum absolute atomic E-state index is 12.5. The van der Waals surface area contributed by atoms with Crippen LogP contribution >= 0.6 is 0 Å². The molecule has 0 saturated heterocycles. The minimum absolute atomic E-state index is 0.119. The van der Waals surface area contributed by atoms with Crippen LogP contribution in [0.2, 0.25) is 0 Å². The molecule has 0 aliphatic rings. The zero-order valence-electron chi connectivity index (χ0n) is 17.1. The number of amides is 1. The van der Waals surface area contributed by atoms with Crippen molar-refractivity contribution in [1.82, 2.24) is 14.7 Å². The molecule has 0 radical (unpaired) electrons. The van der Waals surface area contributed by atoms with Crippen LogP contribution in [-0.2, 0) is 22.7 Å². The van der Waals surface area contributed by atoms with Crippen LogP contribution in [0.1, 0.15) is 25.0 Å². The third kappa shape index (κ3) is 4.17. The largest absolute Gasteiger partial charge is 0.460 e. The highest BCUT2D eigenvalue weighted by atomic mass is 16.5. The fourth-order valence-electron chi connectivity index (χ4n) is 3.23. The summed E-state index contributed by atoms with van der Waals surface area (Å²) in [4.78, 5) is 14.0. The number of benzene rings is 2. The lowest BCUT2D eigenvalue weighted by molar-refractivity contribution is -0.142. The van der Waals surface area contributed by atoms with Crippen LogP contribution in [0.15, 0.2) is 48.5 Å². The predicted molar refractivity (Wildman–Crippen MR) is 109 cm³/mol. The summed E-state index contributed by atoms with van der Waals surface area (Å²) >= 11 is 0. The first kappa shape index (κ1) is 19.9. The third-order valence-electron chi connectivity index (χ3n) is 4.54. The van der Waals surface area contributed by atoms with Gasteiger partial charge in [-0.2, -0.15) is 0 Å². The number of nitrogens with zero attached hydrogens (tertiary/aromatic N) is 3. The van der Waals surface area contributed by atoms with Crippen molar-refractivity contribution in [2.75, 3.05) is 21.2 Å². The van der Waals surface area contributed by atoms with E-state index in [2.05, 4.69) is 12.1 Å². The third-order valence-corrected chi connectivity index (χ3v) is 4.54. The molecule has 0 N–H and O–H groups in total. The van der Waals surface area contributed by atoms with Crippen molar-refractivity contribution in [3.8, 4) is 5.88 Å². The van der Waals surface area contributed by atoms with E-state index >= 15 is 0 Å². The van der Waals surface area contributed by atoms with Crippen molar-refractivity contribution < 1.29 is 14.3 Å². The number of methoxy groups -OCH3 is 1. The summed E-state index contributed by atoms with van der Waals surface area (Å²) in [6, 6.07) is 16.2. The summed E-state index contributed by atoms with van der Waals surface area (Å²) in [5, 5.41) is 5.56. The van der Waals surface area contributed by atoms with Crippen LogP contribution < -0.4 is 4.74 Å². The molecule has 6 nitrogen and oxygen atoms in total. The summed E-state index contributed by atoms with van der Waals surface area (Å²) in [6.45, 7) is 4.64. The van der Waals surface area contributed by atoms with Crippen molar-refractivity contribution in [2.24, 2.45) is 0 Å². The Labute approximate surface area is 165 Å². The molecule has 0 bridgehead atoms. The molecular weight excluding hydrogens is 354 g/mol. The topological polar surface area (TPSA) is 56.6 Å². The first-order valence-corrected chi connectivity index (χ1v) is 9.25. The van der Waals surface area contributed by atoms with Crippen LogP contribution in [0.4, 0.5) is 0 Å². The van der Waals surface area contributed by atoms with Gasteiger partial charge in [0.1, 0.15) is 0 Å². The number of likely N-dealkylation sites (N-methyl/N-ethyl adjacent to an activating group) is 1. The molecule has 0 aliphatic carbocycles. The van der Waals surface area contributed by atoms with Gasteiger partial charge in [0, 0.05) is 21.2 Å². The van der Waals surface area contributed by atoms with E-state index in [0.717, 1.165) is 22.0 Å². The van der Waals surface area contributed by atoms with Crippen LogP contribution in [0.25, 0.3) is 10.9 Å². The monoisotopic (exact) mass is 381 g/mol. The van der Waals surface area contributed by atoms with Gasteiger partial charge in [0.15, 0.2) is 5.60 Å². The van der Waals surface area contributed by atoms with Gasteiger partial charge < -0.3 is 14.4 Å². The number of carbonyl (C=O) groups is 1. The SMILES string of the molecule is COCc1ccc2c(c1)c(OC(C)(C)C(=O)N(C)C)nn2Cc1ccccc1. The van der Waals surface area contributed by atoms with Gasteiger partial charge in [0.05, 0.1) is 24.1 Å². The molecule has 0 fully saturated rings. The fourth-order valence-corrected chi connectivity index (χ4v) is 3.23. The lowest BCUT2D eigenvalue weighted by Gasteiger charge is -2.27. The first-order valence-electron chi connectivity index (χ1n) is 9.25. The number of ether oxygens (including phenoxy) is 2. The Hall–Kier alpha value is -2.86. The van der Waals surface area contributed by atoms with E-state index in [-0.39, 0.29) is 5.91 Å². The highest BCUT2D eigenvalue weighted by Crippen LogP contribution is 2.30. The quantitative estimate of drug-likeness (QED) is 0.629. The van der Waals surface area contributed by atoms with Crippen LogP contribution in [0.3, 0.4) is 0 Å². The van der Waals surface area contributed by atoms with E-state index in [1.807, 2.05) is 41.1 Å². The summed E-state index contributed by atoms with van der Waals surface area (Å²) < 4.78 is 13.3. The second-order valence-corrected chi connectivity index (χ2v) is 7.54. The minimum atomic E-state index is -1.03. The average Bonchev–Trinajstić information content (AvgIpc) is 2.98. The lowest BCUT2D eigenvalue weighted by Crippen LogP contribution is -2.46. The molecule has 0 spiro atoms. The number of fused-ring (bicyclic) bond motifs is 1. The molecule has 2 aromatic carbocycles. The maximum atomic E-state index is 12.5. The van der Waals surface area contributed by atoms with Crippen LogP contribution in [-0.4, -0.2) is 47.4 Å². The van der Waals surface area contributed by atoms with E-state index < -0.39 is 5.60 Å². The van der Waals surface area contributed by atoms with E-state index in [9.17, 15) is 4.79 Å². The Morgan fingerprint density at radius 1 is 1.11 bits per heavy atom. The normalized spacial score (nSPS) is 11.6. The summed E-state index contributed by atoms with van der Waals surface area (Å²) in [6.07, 6.45) is 0. The Morgan fingerprint density at radius 2 is 1.82 bits per heavy atom. The molecule has 1 amide bonds. The first-order chi connectivity index (χ1) is 13.3. The number of rotatable bonds is 7. The predicted octanol–water partition coefficient (Wildman–Crippen LogP) is 3.48. The Kier molecular flexibility index (Phi) is 5.70. The van der Waals surface area contributed by atoms with E-state index in [1.54, 1.807) is 35.1 Å². The van der Waals surface area contributed by atoms with E-state index in [4.69, 9.17) is 14.6 Å². The molecule has 1 heterocycles. The Morgan fingerprint density at radius 3 is 2.46 bits per heavy atom. The lowest BCUT2D eigenvalue weighted by atomic mass is 10.1. The van der Waals surface area contributed by atoms with E-state index in [0.29, 0.717) is 19.0 Å². The highest BCUT2D eigenvalue weighted by Gasteiger charge is 2.33. The number of aromatic nitrogens is 2. The zero-order valence-corrected chi connectivity index (χ0v) is 17.1. The van der Waals surface area contributed by atoms with E-state index in [1.165, 1.54) is 4.90 Å². The second-order valence-electron chi connectivity index (χ2n) is 7.54. The van der Waals surface area contributed by atoms with Crippen molar-refractivity contribution in [3.63, 3.8) is 0 Å². The fraction of sp³-hybridized carbons (Fsp3) is 0.364. The molecule has 1 aromatic heterocycles. The van der Waals surface area contributed by atoms with Gasteiger partial charge in [-0.1, -0.05) is 36.4 Å². The zero-order chi connectivity index (χ0) is 20.3. The summed E-state index contributed by atoms with van der Waals surface area (Å²) in [7, 11) is 5.10. The standard InChI is InChI=1S/C22H27N3O3/c1-22(2,21(26)24(3)4)28-20-18-13-17(15-27-5)11-12-19(18)25(23-20)14-16-9-7-6-8-10-16/h6-13H,14-15H2,1-5H3. The van der Waals surface area contributed by atoms with Gasteiger partial charge in [0.2, 0.25) is 5.88 Å². The maximum Gasteiger partial charge on any atom is 0.265 e. The second kappa shape index (κ2) is 8.02. The molecule has 0 unspecified atom stereocenters. The Balaban J connectivity index is 2.04. The van der Waals surface area contributed by atoms with Gasteiger partial charge in [0.25, 0.3) is 5.91 Å². The minimum Gasteiger partial charge on any atom is -0.460 e. The Bertz CT molecular complexity index is 962. The number of hydrogen-bond acceptors (Lipinski definition) is 4. The molecule has 3 aromatic rings. The molecular formula is C22H27N3O3. The number of hydrogen-bond donors (Lipinski definition) is 0. The van der Waals surface area contributed by atoms with Gasteiger partial charge in [-0.25, -0.2) is 0 Å². The molecule has 0 saturated carbocycles. The molecule has 0 aliphatic heterocycles. The molecule has 0 atom stereocenters. The highest BCUT2D eigenvalue weighted by molar-refractivity contribution is 5.88. The number of carbonyl (C=O) groups excluding carboxylic acids is 1. The molecule has 28 heavy (non-hydrogen) atoms. The smallest absolute Gasteiger partial charge is 0.265 e.